The van der Waals surface area contributed by atoms with Crippen LogP contribution < -0.4 is 5.56 Å². The lowest BCUT2D eigenvalue weighted by Crippen LogP contribution is -2.24. The summed E-state index contributed by atoms with van der Waals surface area (Å²) in [6.07, 6.45) is 6.21. The van der Waals surface area contributed by atoms with Crippen LogP contribution in [0.1, 0.15) is 44.3 Å². The fourth-order valence-corrected chi connectivity index (χ4v) is 2.18. The van der Waals surface area contributed by atoms with Gasteiger partial charge in [-0.25, -0.2) is 4.98 Å². The van der Waals surface area contributed by atoms with Gasteiger partial charge in [0.25, 0.3) is 5.56 Å². The maximum absolute atomic E-state index is 11.6. The van der Waals surface area contributed by atoms with Gasteiger partial charge in [0, 0.05) is 24.7 Å². The van der Waals surface area contributed by atoms with E-state index in [0.717, 1.165) is 25.2 Å². The normalized spacial score (nSPS) is 21.4. The third kappa shape index (κ3) is 1.59. The second-order valence-corrected chi connectivity index (χ2v) is 3.89. The Labute approximate surface area is 83.8 Å². The van der Waals surface area contributed by atoms with Crippen LogP contribution in [-0.4, -0.2) is 9.55 Å². The van der Waals surface area contributed by atoms with E-state index in [1.54, 1.807) is 12.3 Å². The van der Waals surface area contributed by atoms with Gasteiger partial charge in [-0.3, -0.25) is 9.36 Å². The van der Waals surface area contributed by atoms with E-state index in [1.165, 1.54) is 12.8 Å². The van der Waals surface area contributed by atoms with Crippen molar-refractivity contribution in [1.82, 2.24) is 9.55 Å². The summed E-state index contributed by atoms with van der Waals surface area (Å²) in [5.41, 5.74) is 0.107. The fraction of sp³-hybridized carbons (Fsp3) is 0.636. The Balaban J connectivity index is 2.49. The zero-order valence-corrected chi connectivity index (χ0v) is 8.57. The van der Waals surface area contributed by atoms with Crippen molar-refractivity contribution in [2.24, 2.45) is 0 Å². The zero-order chi connectivity index (χ0) is 9.97. The Morgan fingerprint density at radius 1 is 1.57 bits per heavy atom. The van der Waals surface area contributed by atoms with Crippen molar-refractivity contribution in [3.63, 3.8) is 0 Å². The molecule has 2 heterocycles. The average Bonchev–Trinajstić information content (AvgIpc) is 2.40. The molecule has 0 bridgehead atoms. The quantitative estimate of drug-likeness (QED) is 0.681. The molecule has 3 heteroatoms. The van der Waals surface area contributed by atoms with E-state index in [2.05, 4.69) is 11.9 Å². The predicted octanol–water partition coefficient (Wildman–Crippen LogP) is 1.92. The van der Waals surface area contributed by atoms with Crippen LogP contribution in [0.4, 0.5) is 0 Å². The number of hydrogen-bond donors (Lipinski definition) is 0. The number of aromatic nitrogens is 2. The van der Waals surface area contributed by atoms with Crippen LogP contribution in [0.2, 0.25) is 0 Å². The first-order valence-corrected chi connectivity index (χ1v) is 5.38. The first kappa shape index (κ1) is 9.44. The van der Waals surface area contributed by atoms with Gasteiger partial charge >= 0.3 is 0 Å². The van der Waals surface area contributed by atoms with Gasteiger partial charge in [0.1, 0.15) is 5.82 Å². The summed E-state index contributed by atoms with van der Waals surface area (Å²) >= 11 is 0. The number of hydrogen-bond acceptors (Lipinski definition) is 2. The van der Waals surface area contributed by atoms with E-state index < -0.39 is 0 Å². The highest BCUT2D eigenvalue weighted by molar-refractivity contribution is 5.01. The highest BCUT2D eigenvalue weighted by Crippen LogP contribution is 2.25. The Bertz CT molecular complexity index is 370. The van der Waals surface area contributed by atoms with Crippen LogP contribution in [0.15, 0.2) is 17.1 Å². The largest absolute Gasteiger partial charge is 0.296 e. The molecule has 0 amide bonds. The van der Waals surface area contributed by atoms with Crippen molar-refractivity contribution < 1.29 is 0 Å². The molecule has 1 aliphatic heterocycles. The van der Waals surface area contributed by atoms with Crippen molar-refractivity contribution in [3.05, 3.63) is 28.4 Å². The number of rotatable bonds is 1. The maximum Gasteiger partial charge on any atom is 0.253 e. The van der Waals surface area contributed by atoms with Crippen LogP contribution in [0.25, 0.3) is 0 Å². The van der Waals surface area contributed by atoms with Gasteiger partial charge in [-0.05, 0) is 19.3 Å². The molecule has 0 aromatic carbocycles. The fourth-order valence-electron chi connectivity index (χ4n) is 2.18. The minimum Gasteiger partial charge on any atom is -0.296 e. The molecule has 0 radical (unpaired) electrons. The van der Waals surface area contributed by atoms with E-state index in [9.17, 15) is 4.79 Å². The molecule has 1 aliphatic rings. The minimum absolute atomic E-state index is 0.107. The molecule has 0 aliphatic carbocycles. The summed E-state index contributed by atoms with van der Waals surface area (Å²) in [4.78, 5) is 16.0. The van der Waals surface area contributed by atoms with Gasteiger partial charge < -0.3 is 0 Å². The molecule has 3 nitrogen and oxygen atoms in total. The molecule has 1 aromatic heterocycles. The van der Waals surface area contributed by atoms with Crippen molar-refractivity contribution in [2.75, 3.05) is 0 Å². The van der Waals surface area contributed by atoms with Crippen molar-refractivity contribution in [2.45, 2.75) is 45.1 Å². The van der Waals surface area contributed by atoms with Crippen LogP contribution in [0, 0.1) is 0 Å². The summed E-state index contributed by atoms with van der Waals surface area (Å²) in [6.45, 7) is 3.01. The molecule has 14 heavy (non-hydrogen) atoms. The van der Waals surface area contributed by atoms with Gasteiger partial charge in [-0.1, -0.05) is 13.3 Å². The van der Waals surface area contributed by atoms with E-state index in [1.807, 2.05) is 4.57 Å². The van der Waals surface area contributed by atoms with E-state index in [-0.39, 0.29) is 5.56 Å². The second-order valence-electron chi connectivity index (χ2n) is 3.89. The molecule has 1 atom stereocenters. The van der Waals surface area contributed by atoms with Crippen molar-refractivity contribution >= 4 is 0 Å². The van der Waals surface area contributed by atoms with Gasteiger partial charge in [-0.2, -0.15) is 0 Å². The molecule has 1 aromatic rings. The zero-order valence-electron chi connectivity index (χ0n) is 8.57. The first-order chi connectivity index (χ1) is 6.83. The molecular weight excluding hydrogens is 176 g/mol. The third-order valence-electron chi connectivity index (χ3n) is 3.01. The number of nitrogens with zero attached hydrogens (tertiary/aromatic N) is 2. The van der Waals surface area contributed by atoms with Gasteiger partial charge in [0.15, 0.2) is 0 Å². The Kier molecular flexibility index (Phi) is 2.66. The van der Waals surface area contributed by atoms with Gasteiger partial charge in [0.2, 0.25) is 0 Å². The summed E-state index contributed by atoms with van der Waals surface area (Å²) in [6, 6.07) is 1.56. The van der Waals surface area contributed by atoms with Gasteiger partial charge in [0.05, 0.1) is 0 Å². The Hall–Kier alpha value is -1.12. The van der Waals surface area contributed by atoms with E-state index in [4.69, 9.17) is 0 Å². The van der Waals surface area contributed by atoms with E-state index in [0.29, 0.717) is 5.92 Å². The summed E-state index contributed by atoms with van der Waals surface area (Å²) in [5.74, 6) is 1.48. The molecule has 0 fully saturated rings. The van der Waals surface area contributed by atoms with Gasteiger partial charge in [-0.15, -0.1) is 0 Å². The van der Waals surface area contributed by atoms with Crippen LogP contribution in [0.3, 0.4) is 0 Å². The smallest absolute Gasteiger partial charge is 0.253 e. The highest BCUT2D eigenvalue weighted by atomic mass is 16.1. The summed E-state index contributed by atoms with van der Waals surface area (Å²) < 4.78 is 1.85. The molecule has 1 unspecified atom stereocenters. The molecule has 0 spiro atoms. The molecule has 2 rings (SSSR count). The van der Waals surface area contributed by atoms with Crippen LogP contribution in [-0.2, 0) is 6.54 Å². The van der Waals surface area contributed by atoms with Crippen molar-refractivity contribution in [1.29, 1.82) is 0 Å². The lowest BCUT2D eigenvalue weighted by molar-refractivity contribution is 0.560. The van der Waals surface area contributed by atoms with Crippen LogP contribution >= 0.6 is 0 Å². The summed E-state index contributed by atoms with van der Waals surface area (Å²) in [7, 11) is 0. The Morgan fingerprint density at radius 3 is 3.21 bits per heavy atom. The van der Waals surface area contributed by atoms with Crippen molar-refractivity contribution in [3.8, 4) is 0 Å². The van der Waals surface area contributed by atoms with E-state index >= 15 is 0 Å². The molecule has 0 N–H and O–H groups in total. The lowest BCUT2D eigenvalue weighted by atomic mass is 10.00. The molecule has 0 saturated carbocycles. The molecule has 0 saturated heterocycles. The van der Waals surface area contributed by atoms with Crippen LogP contribution in [0.5, 0.6) is 0 Å². The third-order valence-corrected chi connectivity index (χ3v) is 3.01. The topological polar surface area (TPSA) is 34.9 Å². The highest BCUT2D eigenvalue weighted by Gasteiger charge is 2.18. The Morgan fingerprint density at radius 2 is 2.43 bits per heavy atom. The minimum atomic E-state index is 0.107. The number of fused-ring (bicyclic) bond motifs is 1. The lowest BCUT2D eigenvalue weighted by Gasteiger charge is -2.14. The summed E-state index contributed by atoms with van der Waals surface area (Å²) in [5, 5.41) is 0. The monoisotopic (exact) mass is 192 g/mol. The first-order valence-electron chi connectivity index (χ1n) is 5.38. The predicted molar refractivity (Wildman–Crippen MR) is 55.4 cm³/mol. The molecule has 76 valence electrons. The maximum atomic E-state index is 11.6. The molecular formula is C11H16N2O. The average molecular weight is 192 g/mol. The second kappa shape index (κ2) is 3.95. The SMILES string of the molecule is CCC1CCCCn2c1nccc2=O. The standard InChI is InChI=1S/C11H16N2O/c1-2-9-5-3-4-8-13-10(14)6-7-12-11(9)13/h6-7,9H,2-5,8H2,1H3.